The maximum Gasteiger partial charge on any atom is 0.243 e. The first-order valence-corrected chi connectivity index (χ1v) is 15.7. The van der Waals surface area contributed by atoms with Gasteiger partial charge in [-0.2, -0.15) is 0 Å². The van der Waals surface area contributed by atoms with Crippen molar-refractivity contribution in [3.05, 3.63) is 58.6 Å². The molecule has 0 bridgehead atoms. The largest absolute Gasteiger partial charge is 0.495 e. The normalized spacial score (nSPS) is 14.6. The van der Waals surface area contributed by atoms with Crippen LogP contribution in [0.1, 0.15) is 63.0 Å². The van der Waals surface area contributed by atoms with Gasteiger partial charge in [0.2, 0.25) is 21.8 Å². The second kappa shape index (κ2) is 14.0. The van der Waals surface area contributed by atoms with E-state index in [2.05, 4.69) is 5.32 Å². The number of rotatable bonds is 13. The maximum atomic E-state index is 13.6. The highest BCUT2D eigenvalue weighted by Gasteiger charge is 2.31. The number of hydrogen-bond donors (Lipinski definition) is 1. The predicted molar refractivity (Wildman–Crippen MR) is 156 cm³/mol. The third kappa shape index (κ3) is 8.35. The van der Waals surface area contributed by atoms with Crippen LogP contribution < -0.4 is 14.4 Å². The van der Waals surface area contributed by atoms with Crippen LogP contribution in [0.25, 0.3) is 0 Å². The van der Waals surface area contributed by atoms with Gasteiger partial charge in [0.1, 0.15) is 11.8 Å². The Labute approximate surface area is 237 Å². The van der Waals surface area contributed by atoms with Gasteiger partial charge in [0.05, 0.1) is 24.1 Å². The van der Waals surface area contributed by atoms with Crippen molar-refractivity contribution in [1.29, 1.82) is 0 Å². The number of halogens is 1. The molecule has 0 heterocycles. The van der Waals surface area contributed by atoms with Gasteiger partial charge in [-0.3, -0.25) is 13.9 Å². The first kappa shape index (κ1) is 30.8. The highest BCUT2D eigenvalue weighted by molar-refractivity contribution is 7.92. The molecule has 2 amide bonds. The lowest BCUT2D eigenvalue weighted by atomic mass is 10.0. The third-order valence-electron chi connectivity index (χ3n) is 7.26. The lowest BCUT2D eigenvalue weighted by Crippen LogP contribution is -2.51. The van der Waals surface area contributed by atoms with Gasteiger partial charge in [-0.25, -0.2) is 8.42 Å². The van der Waals surface area contributed by atoms with Crippen LogP contribution in [0.2, 0.25) is 5.02 Å². The SMILES string of the molecule is CC[C@@H](C(=O)NC1CCCC1)N(Cc1ccccc1C)C(=O)CCCN(c1ccc(OC)c(Cl)c1)S(C)(=O)=O. The van der Waals surface area contributed by atoms with E-state index in [9.17, 15) is 18.0 Å². The summed E-state index contributed by atoms with van der Waals surface area (Å²) in [6.45, 7) is 4.31. The molecule has 1 atom stereocenters. The topological polar surface area (TPSA) is 96.0 Å². The molecule has 39 heavy (non-hydrogen) atoms. The van der Waals surface area contributed by atoms with Gasteiger partial charge >= 0.3 is 0 Å². The first-order valence-electron chi connectivity index (χ1n) is 13.5. The number of aryl methyl sites for hydroxylation is 1. The third-order valence-corrected chi connectivity index (χ3v) is 8.75. The van der Waals surface area contributed by atoms with E-state index in [-0.39, 0.29) is 37.2 Å². The average Bonchev–Trinajstić information content (AvgIpc) is 3.39. The lowest BCUT2D eigenvalue weighted by molar-refractivity contribution is -0.141. The summed E-state index contributed by atoms with van der Waals surface area (Å²) in [7, 11) is -2.14. The molecule has 1 N–H and O–H groups in total. The van der Waals surface area contributed by atoms with E-state index in [1.54, 1.807) is 17.0 Å². The van der Waals surface area contributed by atoms with E-state index in [0.29, 0.717) is 29.4 Å². The van der Waals surface area contributed by atoms with Crippen molar-refractivity contribution in [2.75, 3.05) is 24.2 Å². The van der Waals surface area contributed by atoms with E-state index < -0.39 is 16.1 Å². The number of anilines is 1. The number of nitrogens with zero attached hydrogens (tertiary/aromatic N) is 2. The summed E-state index contributed by atoms with van der Waals surface area (Å²) in [4.78, 5) is 28.6. The smallest absolute Gasteiger partial charge is 0.243 e. The molecule has 1 fully saturated rings. The molecule has 1 aliphatic rings. The Morgan fingerprint density at radius 1 is 1.15 bits per heavy atom. The van der Waals surface area contributed by atoms with Crippen LogP contribution in [-0.2, 0) is 26.2 Å². The molecule has 8 nitrogen and oxygen atoms in total. The predicted octanol–water partition coefficient (Wildman–Crippen LogP) is 5.07. The number of methoxy groups -OCH3 is 1. The minimum atomic E-state index is -3.63. The van der Waals surface area contributed by atoms with E-state index >= 15 is 0 Å². The Morgan fingerprint density at radius 3 is 2.44 bits per heavy atom. The minimum Gasteiger partial charge on any atom is -0.495 e. The fraction of sp³-hybridized carbons (Fsp3) is 0.517. The Hall–Kier alpha value is -2.78. The molecule has 2 aromatic rings. The van der Waals surface area contributed by atoms with Gasteiger partial charge in [0, 0.05) is 25.6 Å². The summed E-state index contributed by atoms with van der Waals surface area (Å²) in [5.41, 5.74) is 2.42. The Bertz CT molecular complexity index is 1250. The zero-order chi connectivity index (χ0) is 28.6. The molecule has 0 spiro atoms. The summed E-state index contributed by atoms with van der Waals surface area (Å²) in [6, 6.07) is 12.1. The lowest BCUT2D eigenvalue weighted by Gasteiger charge is -2.32. The molecule has 0 saturated heterocycles. The highest BCUT2D eigenvalue weighted by Crippen LogP contribution is 2.30. The van der Waals surface area contributed by atoms with Crippen LogP contribution in [0.3, 0.4) is 0 Å². The molecule has 1 aliphatic carbocycles. The fourth-order valence-electron chi connectivity index (χ4n) is 5.07. The maximum absolute atomic E-state index is 13.6. The standard InChI is InChI=1S/C29H40ClN3O5S/c1-5-26(29(35)31-23-13-8-9-14-23)32(20-22-12-7-6-11-21(22)2)28(34)15-10-18-33(39(4,36)37)24-16-17-27(38-3)25(30)19-24/h6-7,11-12,16-17,19,23,26H,5,8-10,13-15,18,20H2,1-4H3,(H,31,35)/t26-/m0/s1. The highest BCUT2D eigenvalue weighted by atomic mass is 35.5. The molecule has 10 heteroatoms. The van der Waals surface area contributed by atoms with Gasteiger partial charge in [-0.15, -0.1) is 0 Å². The van der Waals surface area contributed by atoms with Crippen LogP contribution in [0, 0.1) is 6.92 Å². The van der Waals surface area contributed by atoms with Gasteiger partial charge < -0.3 is 15.0 Å². The zero-order valence-electron chi connectivity index (χ0n) is 23.3. The van der Waals surface area contributed by atoms with Crippen molar-refractivity contribution in [3.63, 3.8) is 0 Å². The molecule has 0 aromatic heterocycles. The van der Waals surface area contributed by atoms with E-state index in [4.69, 9.17) is 16.3 Å². The van der Waals surface area contributed by atoms with Crippen LogP contribution >= 0.6 is 11.6 Å². The second-order valence-corrected chi connectivity index (χ2v) is 12.4. The van der Waals surface area contributed by atoms with E-state index in [1.165, 1.54) is 17.5 Å². The van der Waals surface area contributed by atoms with Crippen molar-refractivity contribution in [2.45, 2.75) is 77.4 Å². The molecule has 0 radical (unpaired) electrons. The van der Waals surface area contributed by atoms with Gasteiger partial charge in [0.15, 0.2) is 0 Å². The molecule has 214 valence electrons. The van der Waals surface area contributed by atoms with Crippen LogP contribution in [0.4, 0.5) is 5.69 Å². The summed E-state index contributed by atoms with van der Waals surface area (Å²) >= 11 is 6.24. The van der Waals surface area contributed by atoms with Crippen LogP contribution in [-0.4, -0.2) is 57.1 Å². The average molecular weight is 578 g/mol. The first-order chi connectivity index (χ1) is 18.5. The summed E-state index contributed by atoms with van der Waals surface area (Å²) in [5.74, 6) is 0.127. The number of carbonyl (C=O) groups excluding carboxylic acids is 2. The molecule has 2 aromatic carbocycles. The molecule has 0 aliphatic heterocycles. The number of ether oxygens (including phenoxy) is 1. The fourth-order valence-corrected chi connectivity index (χ4v) is 6.28. The molecule has 0 unspecified atom stereocenters. The minimum absolute atomic E-state index is 0.0923. The number of hydrogen-bond acceptors (Lipinski definition) is 5. The molecular formula is C29H40ClN3O5S. The van der Waals surface area contributed by atoms with Gasteiger partial charge in [0.25, 0.3) is 0 Å². The summed E-state index contributed by atoms with van der Waals surface area (Å²) in [6.07, 6.45) is 6.10. The number of carbonyl (C=O) groups is 2. The van der Waals surface area contributed by atoms with Crippen molar-refractivity contribution in [2.24, 2.45) is 0 Å². The van der Waals surface area contributed by atoms with E-state index in [1.807, 2.05) is 38.1 Å². The molecular weight excluding hydrogens is 538 g/mol. The number of nitrogens with one attached hydrogen (secondary N) is 1. The Kier molecular flexibility index (Phi) is 11.1. The second-order valence-electron chi connectivity index (χ2n) is 10.1. The Morgan fingerprint density at radius 2 is 1.85 bits per heavy atom. The van der Waals surface area contributed by atoms with Crippen molar-refractivity contribution < 1.29 is 22.7 Å². The van der Waals surface area contributed by atoms with Crippen molar-refractivity contribution in [3.8, 4) is 5.75 Å². The van der Waals surface area contributed by atoms with Gasteiger partial charge in [-0.1, -0.05) is 55.6 Å². The van der Waals surface area contributed by atoms with Crippen molar-refractivity contribution >= 4 is 39.1 Å². The van der Waals surface area contributed by atoms with Crippen LogP contribution in [0.5, 0.6) is 5.75 Å². The quantitative estimate of drug-likeness (QED) is 0.358. The van der Waals surface area contributed by atoms with Crippen LogP contribution in [0.15, 0.2) is 42.5 Å². The number of sulfonamides is 1. The van der Waals surface area contributed by atoms with Crippen molar-refractivity contribution in [1.82, 2.24) is 10.2 Å². The Balaban J connectivity index is 1.77. The number of amides is 2. The number of benzene rings is 2. The molecule has 3 rings (SSSR count). The van der Waals surface area contributed by atoms with Gasteiger partial charge in [-0.05, 0) is 61.9 Å². The summed E-state index contributed by atoms with van der Waals surface area (Å²) < 4.78 is 31.6. The summed E-state index contributed by atoms with van der Waals surface area (Å²) in [5, 5.41) is 3.45. The van der Waals surface area contributed by atoms with E-state index in [0.717, 1.165) is 43.1 Å². The zero-order valence-corrected chi connectivity index (χ0v) is 24.9. The monoisotopic (exact) mass is 577 g/mol. The molecule has 1 saturated carbocycles.